The fourth-order valence-corrected chi connectivity index (χ4v) is 2.95. The van der Waals surface area contributed by atoms with Crippen molar-refractivity contribution in [3.05, 3.63) is 22.4 Å². The van der Waals surface area contributed by atoms with E-state index in [0.717, 1.165) is 25.6 Å². The Morgan fingerprint density at radius 2 is 1.94 bits per heavy atom. The molecular weight excluding hydrogens is 240 g/mol. The number of nitrogens with zero attached hydrogens (tertiary/aromatic N) is 1. The van der Waals surface area contributed by atoms with E-state index in [-0.39, 0.29) is 0 Å². The molecule has 0 saturated carbocycles. The highest BCUT2D eigenvalue weighted by molar-refractivity contribution is 7.09. The fourth-order valence-electron chi connectivity index (χ4n) is 2.19. The lowest BCUT2D eigenvalue weighted by Gasteiger charge is -2.31. The summed E-state index contributed by atoms with van der Waals surface area (Å²) in [6.07, 6.45) is 0. The zero-order chi connectivity index (χ0) is 13.5. The summed E-state index contributed by atoms with van der Waals surface area (Å²) in [6.45, 7) is 12.4. The molecular formula is C15H28N2S. The molecule has 1 N–H and O–H groups in total. The molecule has 18 heavy (non-hydrogen) atoms. The number of likely N-dealkylation sites (N-methyl/N-ethyl adjacent to an activating group) is 1. The van der Waals surface area contributed by atoms with Crippen LogP contribution in [-0.4, -0.2) is 31.1 Å². The molecule has 0 aliphatic rings. The van der Waals surface area contributed by atoms with Gasteiger partial charge >= 0.3 is 0 Å². The van der Waals surface area contributed by atoms with E-state index >= 15 is 0 Å². The topological polar surface area (TPSA) is 15.3 Å². The van der Waals surface area contributed by atoms with Gasteiger partial charge in [-0.1, -0.05) is 33.8 Å². The van der Waals surface area contributed by atoms with E-state index in [1.165, 1.54) is 4.88 Å². The van der Waals surface area contributed by atoms with Crippen molar-refractivity contribution in [2.75, 3.05) is 20.1 Å². The van der Waals surface area contributed by atoms with Crippen molar-refractivity contribution >= 4 is 11.3 Å². The number of hydrogen-bond donors (Lipinski definition) is 1. The van der Waals surface area contributed by atoms with Crippen LogP contribution in [-0.2, 0) is 6.54 Å². The van der Waals surface area contributed by atoms with Gasteiger partial charge in [0.05, 0.1) is 0 Å². The molecule has 0 bridgehead atoms. The van der Waals surface area contributed by atoms with Gasteiger partial charge in [0, 0.05) is 24.0 Å². The van der Waals surface area contributed by atoms with E-state index < -0.39 is 0 Å². The first kappa shape index (κ1) is 15.7. The van der Waals surface area contributed by atoms with Crippen LogP contribution in [0.1, 0.15) is 32.6 Å². The Balaban J connectivity index is 2.44. The second-order valence-electron chi connectivity index (χ2n) is 5.86. The molecule has 104 valence electrons. The molecule has 0 aliphatic carbocycles. The van der Waals surface area contributed by atoms with E-state index in [2.05, 4.69) is 62.5 Å². The van der Waals surface area contributed by atoms with Crippen molar-refractivity contribution in [3.8, 4) is 0 Å². The lowest BCUT2D eigenvalue weighted by molar-refractivity contribution is 0.180. The van der Waals surface area contributed by atoms with Crippen LogP contribution in [0.5, 0.6) is 0 Å². The molecule has 1 aromatic heterocycles. The van der Waals surface area contributed by atoms with E-state index in [1.54, 1.807) is 0 Å². The van der Waals surface area contributed by atoms with Crippen LogP contribution < -0.4 is 5.32 Å². The maximum absolute atomic E-state index is 3.59. The molecule has 0 saturated heterocycles. The highest BCUT2D eigenvalue weighted by Crippen LogP contribution is 2.16. The Labute approximate surface area is 116 Å². The molecule has 0 aliphatic heterocycles. The third kappa shape index (κ3) is 5.51. The van der Waals surface area contributed by atoms with Crippen LogP contribution in [0.25, 0.3) is 0 Å². The highest BCUT2D eigenvalue weighted by Gasteiger charge is 2.18. The number of nitrogens with one attached hydrogen (secondary N) is 1. The number of hydrogen-bond acceptors (Lipinski definition) is 3. The van der Waals surface area contributed by atoms with Crippen LogP contribution in [0.2, 0.25) is 0 Å². The molecule has 1 atom stereocenters. The summed E-state index contributed by atoms with van der Waals surface area (Å²) in [7, 11) is 2.24. The van der Waals surface area contributed by atoms with Crippen molar-refractivity contribution in [2.24, 2.45) is 11.8 Å². The standard InChI is InChI=1S/C15H28N2S/c1-12(2)9-16-10-15(13(3)4)17(5)11-14-7-6-8-18-14/h6-8,12-13,15-16H,9-11H2,1-5H3. The molecule has 0 spiro atoms. The van der Waals surface area contributed by atoms with Gasteiger partial charge in [-0.15, -0.1) is 11.3 Å². The van der Waals surface area contributed by atoms with Crippen LogP contribution in [0.3, 0.4) is 0 Å². The van der Waals surface area contributed by atoms with Gasteiger partial charge in [-0.25, -0.2) is 0 Å². The molecule has 2 nitrogen and oxygen atoms in total. The smallest absolute Gasteiger partial charge is 0.0328 e. The Hall–Kier alpha value is -0.380. The number of rotatable bonds is 8. The van der Waals surface area contributed by atoms with Crippen LogP contribution >= 0.6 is 11.3 Å². The van der Waals surface area contributed by atoms with E-state index in [0.29, 0.717) is 12.0 Å². The Morgan fingerprint density at radius 3 is 2.44 bits per heavy atom. The van der Waals surface area contributed by atoms with E-state index in [1.807, 2.05) is 11.3 Å². The predicted molar refractivity (Wildman–Crippen MR) is 82.1 cm³/mol. The first-order chi connectivity index (χ1) is 8.50. The van der Waals surface area contributed by atoms with Crippen molar-refractivity contribution in [3.63, 3.8) is 0 Å². The zero-order valence-corrected chi connectivity index (χ0v) is 13.3. The minimum atomic E-state index is 0.603. The summed E-state index contributed by atoms with van der Waals surface area (Å²) in [4.78, 5) is 3.93. The third-order valence-corrected chi connectivity index (χ3v) is 4.09. The minimum absolute atomic E-state index is 0.603. The molecule has 0 aromatic carbocycles. The summed E-state index contributed by atoms with van der Waals surface area (Å²) in [5.74, 6) is 1.40. The zero-order valence-electron chi connectivity index (χ0n) is 12.4. The van der Waals surface area contributed by atoms with Gasteiger partial charge in [-0.2, -0.15) is 0 Å². The van der Waals surface area contributed by atoms with E-state index in [4.69, 9.17) is 0 Å². The van der Waals surface area contributed by atoms with Crippen molar-refractivity contribution in [1.29, 1.82) is 0 Å². The lowest BCUT2D eigenvalue weighted by Crippen LogP contribution is -2.43. The quantitative estimate of drug-likeness (QED) is 0.777. The molecule has 1 aromatic rings. The van der Waals surface area contributed by atoms with Crippen molar-refractivity contribution in [1.82, 2.24) is 10.2 Å². The molecule has 0 amide bonds. The maximum Gasteiger partial charge on any atom is 0.0328 e. The van der Waals surface area contributed by atoms with Crippen LogP contribution in [0.15, 0.2) is 17.5 Å². The predicted octanol–water partition coefficient (Wildman–Crippen LogP) is 3.45. The average Bonchev–Trinajstić information content (AvgIpc) is 2.75. The molecule has 0 radical (unpaired) electrons. The van der Waals surface area contributed by atoms with Gasteiger partial charge in [0.15, 0.2) is 0 Å². The van der Waals surface area contributed by atoms with Gasteiger partial charge in [0.2, 0.25) is 0 Å². The van der Waals surface area contributed by atoms with Gasteiger partial charge in [0.25, 0.3) is 0 Å². The first-order valence-corrected chi connectivity index (χ1v) is 7.82. The summed E-state index contributed by atoms with van der Waals surface area (Å²) >= 11 is 1.85. The molecule has 3 heteroatoms. The molecule has 1 heterocycles. The second-order valence-corrected chi connectivity index (χ2v) is 6.89. The Bertz CT molecular complexity index is 306. The van der Waals surface area contributed by atoms with Gasteiger partial charge < -0.3 is 5.32 Å². The Kier molecular flexibility index (Phi) is 6.90. The summed E-state index contributed by atoms with van der Waals surface area (Å²) in [5.41, 5.74) is 0. The Morgan fingerprint density at radius 1 is 1.22 bits per heavy atom. The van der Waals surface area contributed by atoms with Crippen molar-refractivity contribution < 1.29 is 0 Å². The molecule has 1 unspecified atom stereocenters. The van der Waals surface area contributed by atoms with Gasteiger partial charge in [-0.3, -0.25) is 4.90 Å². The van der Waals surface area contributed by atoms with Gasteiger partial charge in [0.1, 0.15) is 0 Å². The third-order valence-electron chi connectivity index (χ3n) is 3.23. The molecule has 1 rings (SSSR count). The normalized spacial score (nSPS) is 13.8. The monoisotopic (exact) mass is 268 g/mol. The number of thiophene rings is 1. The minimum Gasteiger partial charge on any atom is -0.315 e. The van der Waals surface area contributed by atoms with Crippen LogP contribution in [0, 0.1) is 11.8 Å². The molecule has 0 fully saturated rings. The largest absolute Gasteiger partial charge is 0.315 e. The maximum atomic E-state index is 3.59. The summed E-state index contributed by atoms with van der Waals surface area (Å²) in [5, 5.41) is 5.75. The first-order valence-electron chi connectivity index (χ1n) is 6.94. The SMILES string of the molecule is CC(C)CNCC(C(C)C)N(C)Cc1cccs1. The highest BCUT2D eigenvalue weighted by atomic mass is 32.1. The average molecular weight is 268 g/mol. The van der Waals surface area contributed by atoms with E-state index in [9.17, 15) is 0 Å². The lowest BCUT2D eigenvalue weighted by atomic mass is 10.0. The summed E-state index contributed by atoms with van der Waals surface area (Å²) in [6, 6.07) is 4.96. The summed E-state index contributed by atoms with van der Waals surface area (Å²) < 4.78 is 0. The fraction of sp³-hybridized carbons (Fsp3) is 0.733. The van der Waals surface area contributed by atoms with Crippen LogP contribution in [0.4, 0.5) is 0 Å². The van der Waals surface area contributed by atoms with Gasteiger partial charge in [-0.05, 0) is 36.9 Å². The second kappa shape index (κ2) is 7.93. The van der Waals surface area contributed by atoms with Crippen molar-refractivity contribution in [2.45, 2.75) is 40.3 Å².